The number of rotatable bonds is 2. The molecule has 0 amide bonds. The normalized spacial score (nSPS) is 22.1. The number of anilines is 2. The largest absolute Gasteiger partial charge is 0.394 e. The third kappa shape index (κ3) is 1.88. The minimum atomic E-state index is 0.840. The van der Waals surface area contributed by atoms with Gasteiger partial charge in [-0.05, 0) is 19.8 Å². The van der Waals surface area contributed by atoms with E-state index in [1.807, 2.05) is 18.7 Å². The van der Waals surface area contributed by atoms with Gasteiger partial charge in [0, 0.05) is 39.3 Å². The Hall–Kier alpha value is -1.23. The second kappa shape index (κ2) is 3.91. The van der Waals surface area contributed by atoms with Gasteiger partial charge >= 0.3 is 0 Å². The van der Waals surface area contributed by atoms with Crippen LogP contribution in [0.1, 0.15) is 18.5 Å². The van der Waals surface area contributed by atoms with E-state index in [9.17, 15) is 0 Å². The van der Waals surface area contributed by atoms with Crippen LogP contribution in [-0.4, -0.2) is 46.9 Å². The van der Waals surface area contributed by atoms with Crippen molar-refractivity contribution in [1.29, 1.82) is 0 Å². The van der Waals surface area contributed by atoms with Crippen molar-refractivity contribution >= 4 is 11.5 Å². The standard InChI is InChI=1S/C12H21N5/c1-9-11(13)12(15(2)14-9)17-7-5-16(6-8-17)10-3-4-10/h10H,3-8,13H2,1-2H3. The molecule has 1 aliphatic heterocycles. The van der Waals surface area contributed by atoms with Crippen molar-refractivity contribution in [2.24, 2.45) is 7.05 Å². The molecule has 17 heavy (non-hydrogen) atoms. The van der Waals surface area contributed by atoms with E-state index < -0.39 is 0 Å². The van der Waals surface area contributed by atoms with Gasteiger partial charge in [-0.2, -0.15) is 5.10 Å². The highest BCUT2D eigenvalue weighted by Gasteiger charge is 2.32. The van der Waals surface area contributed by atoms with E-state index in [1.54, 1.807) is 0 Å². The van der Waals surface area contributed by atoms with Crippen LogP contribution in [0.15, 0.2) is 0 Å². The van der Waals surface area contributed by atoms with Crippen molar-refractivity contribution in [3.8, 4) is 0 Å². The van der Waals surface area contributed by atoms with Crippen LogP contribution in [0, 0.1) is 6.92 Å². The van der Waals surface area contributed by atoms with Gasteiger partial charge in [0.1, 0.15) is 5.82 Å². The van der Waals surface area contributed by atoms with E-state index in [1.165, 1.54) is 12.8 Å². The van der Waals surface area contributed by atoms with E-state index in [-0.39, 0.29) is 0 Å². The van der Waals surface area contributed by atoms with Gasteiger partial charge in [0.15, 0.2) is 0 Å². The van der Waals surface area contributed by atoms with Gasteiger partial charge in [0.2, 0.25) is 0 Å². The molecule has 1 aromatic rings. The van der Waals surface area contributed by atoms with Gasteiger partial charge < -0.3 is 10.6 Å². The van der Waals surface area contributed by atoms with Crippen LogP contribution >= 0.6 is 0 Å². The molecule has 3 rings (SSSR count). The molecule has 0 atom stereocenters. The molecule has 2 fully saturated rings. The Balaban J connectivity index is 1.72. The second-order valence-electron chi connectivity index (χ2n) is 5.20. The van der Waals surface area contributed by atoms with E-state index >= 15 is 0 Å². The molecule has 0 bridgehead atoms. The number of aryl methyl sites for hydroxylation is 2. The monoisotopic (exact) mass is 235 g/mol. The predicted octanol–water partition coefficient (Wildman–Crippen LogP) is 0.595. The number of nitrogen functional groups attached to an aromatic ring is 1. The highest BCUT2D eigenvalue weighted by molar-refractivity contribution is 5.66. The summed E-state index contributed by atoms with van der Waals surface area (Å²) in [5.41, 5.74) is 7.88. The number of piperazine rings is 1. The summed E-state index contributed by atoms with van der Waals surface area (Å²) < 4.78 is 1.91. The van der Waals surface area contributed by atoms with Crippen molar-refractivity contribution in [1.82, 2.24) is 14.7 Å². The average Bonchev–Trinajstić information content (AvgIpc) is 3.10. The molecule has 0 unspecified atom stereocenters. The maximum atomic E-state index is 6.10. The number of nitrogens with zero attached hydrogens (tertiary/aromatic N) is 4. The topological polar surface area (TPSA) is 50.3 Å². The summed E-state index contributed by atoms with van der Waals surface area (Å²) in [6, 6.07) is 0.878. The molecule has 2 N–H and O–H groups in total. The Morgan fingerprint density at radius 3 is 2.29 bits per heavy atom. The smallest absolute Gasteiger partial charge is 0.150 e. The van der Waals surface area contributed by atoms with Crippen LogP contribution in [0.5, 0.6) is 0 Å². The molecule has 1 saturated carbocycles. The van der Waals surface area contributed by atoms with Crippen molar-refractivity contribution < 1.29 is 0 Å². The molecule has 1 aromatic heterocycles. The Bertz CT molecular complexity index is 413. The Labute approximate surface area is 102 Å². The van der Waals surface area contributed by atoms with E-state index in [2.05, 4.69) is 14.9 Å². The summed E-state index contributed by atoms with van der Waals surface area (Å²) in [6.45, 7) is 6.43. The summed E-state index contributed by atoms with van der Waals surface area (Å²) in [4.78, 5) is 4.98. The number of aromatic nitrogens is 2. The zero-order chi connectivity index (χ0) is 12.0. The number of nitrogens with two attached hydrogens (primary N) is 1. The van der Waals surface area contributed by atoms with Gasteiger partial charge in [-0.3, -0.25) is 9.58 Å². The fraction of sp³-hybridized carbons (Fsp3) is 0.750. The molecule has 5 nitrogen and oxygen atoms in total. The van der Waals surface area contributed by atoms with Gasteiger partial charge in [-0.1, -0.05) is 0 Å². The maximum absolute atomic E-state index is 6.10. The molecule has 94 valence electrons. The van der Waals surface area contributed by atoms with Crippen LogP contribution in [0.2, 0.25) is 0 Å². The van der Waals surface area contributed by atoms with Crippen LogP contribution < -0.4 is 10.6 Å². The molecule has 5 heteroatoms. The first-order valence-corrected chi connectivity index (χ1v) is 6.45. The van der Waals surface area contributed by atoms with Crippen molar-refractivity contribution in [3.63, 3.8) is 0 Å². The van der Waals surface area contributed by atoms with Crippen molar-refractivity contribution in [2.75, 3.05) is 36.8 Å². The van der Waals surface area contributed by atoms with Crippen LogP contribution in [0.4, 0.5) is 11.5 Å². The van der Waals surface area contributed by atoms with E-state index in [0.717, 1.165) is 49.4 Å². The first kappa shape index (κ1) is 10.9. The predicted molar refractivity (Wildman–Crippen MR) is 69.2 cm³/mol. The molecule has 0 aromatic carbocycles. The summed E-state index contributed by atoms with van der Waals surface area (Å²) in [5.74, 6) is 1.10. The fourth-order valence-corrected chi connectivity index (χ4v) is 2.78. The number of hydrogen-bond acceptors (Lipinski definition) is 4. The average molecular weight is 235 g/mol. The molecular weight excluding hydrogens is 214 g/mol. The molecule has 1 saturated heterocycles. The summed E-state index contributed by atoms with van der Waals surface area (Å²) in [5, 5.41) is 4.39. The Morgan fingerprint density at radius 2 is 1.82 bits per heavy atom. The highest BCUT2D eigenvalue weighted by atomic mass is 15.4. The van der Waals surface area contributed by atoms with E-state index in [4.69, 9.17) is 5.73 Å². The molecular formula is C12H21N5. The second-order valence-corrected chi connectivity index (χ2v) is 5.20. The minimum absolute atomic E-state index is 0.840. The lowest BCUT2D eigenvalue weighted by Gasteiger charge is -2.36. The van der Waals surface area contributed by atoms with Crippen LogP contribution in [0.25, 0.3) is 0 Å². The lowest BCUT2D eigenvalue weighted by molar-refractivity contribution is 0.247. The SMILES string of the molecule is Cc1nn(C)c(N2CCN(C3CC3)CC2)c1N. The first-order valence-electron chi connectivity index (χ1n) is 6.45. The van der Waals surface area contributed by atoms with Gasteiger partial charge in [0.05, 0.1) is 11.4 Å². The van der Waals surface area contributed by atoms with Gasteiger partial charge in [-0.15, -0.1) is 0 Å². The van der Waals surface area contributed by atoms with Crippen molar-refractivity contribution in [3.05, 3.63) is 5.69 Å². The fourth-order valence-electron chi connectivity index (χ4n) is 2.78. The molecule has 2 aliphatic rings. The minimum Gasteiger partial charge on any atom is -0.394 e. The molecule has 1 aliphatic carbocycles. The molecule has 0 radical (unpaired) electrons. The summed E-state index contributed by atoms with van der Waals surface area (Å²) in [7, 11) is 1.98. The summed E-state index contributed by atoms with van der Waals surface area (Å²) >= 11 is 0. The third-order valence-electron chi connectivity index (χ3n) is 3.91. The highest BCUT2D eigenvalue weighted by Crippen LogP contribution is 2.30. The zero-order valence-corrected chi connectivity index (χ0v) is 10.7. The quantitative estimate of drug-likeness (QED) is 0.815. The lowest BCUT2D eigenvalue weighted by atomic mass is 10.3. The van der Waals surface area contributed by atoms with Gasteiger partial charge in [-0.25, -0.2) is 0 Å². The molecule has 2 heterocycles. The van der Waals surface area contributed by atoms with Gasteiger partial charge in [0.25, 0.3) is 0 Å². The summed E-state index contributed by atoms with van der Waals surface area (Å²) in [6.07, 6.45) is 2.79. The van der Waals surface area contributed by atoms with Crippen molar-refractivity contribution in [2.45, 2.75) is 25.8 Å². The lowest BCUT2D eigenvalue weighted by Crippen LogP contribution is -2.47. The first-order chi connectivity index (χ1) is 8.16. The van der Waals surface area contributed by atoms with E-state index in [0.29, 0.717) is 0 Å². The zero-order valence-electron chi connectivity index (χ0n) is 10.7. The number of hydrogen-bond donors (Lipinski definition) is 1. The van der Waals surface area contributed by atoms with Crippen LogP contribution in [-0.2, 0) is 7.05 Å². The Kier molecular flexibility index (Phi) is 2.50. The molecule has 0 spiro atoms. The van der Waals surface area contributed by atoms with Crippen LogP contribution in [0.3, 0.4) is 0 Å². The third-order valence-corrected chi connectivity index (χ3v) is 3.91. The Morgan fingerprint density at radius 1 is 1.18 bits per heavy atom. The maximum Gasteiger partial charge on any atom is 0.150 e.